The number of aryl methyl sites for hydroxylation is 1. The molecule has 0 unspecified atom stereocenters. The van der Waals surface area contributed by atoms with Crippen molar-refractivity contribution in [1.29, 1.82) is 0 Å². The summed E-state index contributed by atoms with van der Waals surface area (Å²) >= 11 is 1.45. The second kappa shape index (κ2) is 7.48. The summed E-state index contributed by atoms with van der Waals surface area (Å²) in [5.74, 6) is 1.53. The van der Waals surface area contributed by atoms with Gasteiger partial charge < -0.3 is 10.0 Å². The van der Waals surface area contributed by atoms with Gasteiger partial charge in [-0.15, -0.1) is 5.10 Å². The molecule has 1 aliphatic heterocycles. The lowest BCUT2D eigenvalue weighted by molar-refractivity contribution is -0.931. The Morgan fingerprint density at radius 1 is 1.36 bits per heavy atom. The van der Waals surface area contributed by atoms with E-state index in [1.54, 1.807) is 12.1 Å². The molecule has 2 aromatic heterocycles. The monoisotopic (exact) mass is 402 g/mol. The quantitative estimate of drug-likeness (QED) is 0.504. The number of benzene rings is 1. The molecular formula is C19H24N5O3S+. The van der Waals surface area contributed by atoms with E-state index in [9.17, 15) is 15.2 Å². The Balaban J connectivity index is 1.77. The molecule has 4 rings (SSSR count). The largest absolute Gasteiger partial charge is 0.492 e. The molecule has 1 fully saturated rings. The Bertz CT molecular complexity index is 989. The summed E-state index contributed by atoms with van der Waals surface area (Å²) in [5, 5.41) is 26.3. The molecule has 8 nitrogen and oxygen atoms in total. The summed E-state index contributed by atoms with van der Waals surface area (Å²) < 4.78 is 1.52. The Morgan fingerprint density at radius 2 is 2.04 bits per heavy atom. The van der Waals surface area contributed by atoms with E-state index in [1.807, 2.05) is 6.92 Å². The second-order valence-electron chi connectivity index (χ2n) is 7.49. The van der Waals surface area contributed by atoms with Gasteiger partial charge in [-0.3, -0.25) is 10.1 Å². The maximum Gasteiger partial charge on any atom is 0.269 e. The topological polar surface area (TPSA) is 98.0 Å². The number of fused-ring (bicyclic) bond motifs is 1. The van der Waals surface area contributed by atoms with Crippen molar-refractivity contribution in [3.63, 3.8) is 0 Å². The zero-order valence-electron chi connectivity index (χ0n) is 16.0. The van der Waals surface area contributed by atoms with Crippen LogP contribution in [0.2, 0.25) is 0 Å². The standard InChI is InChI=1S/C19H23N5O3S/c1-3-15-20-19-23(21-15)18(25)17(28-19)16(22-10-8-12(2)9-11-22)13-4-6-14(7-5-13)24(26)27/h4-7,12,16,25H,3,8-11H2,1-2H3/p+1/t16-/m1/s1. The predicted molar refractivity (Wildman–Crippen MR) is 106 cm³/mol. The molecule has 0 saturated carbocycles. The number of piperidine rings is 1. The lowest BCUT2D eigenvalue weighted by Gasteiger charge is -2.33. The number of thiazole rings is 1. The van der Waals surface area contributed by atoms with E-state index in [1.165, 1.54) is 32.9 Å². The summed E-state index contributed by atoms with van der Waals surface area (Å²) in [5.41, 5.74) is 1.04. The molecule has 28 heavy (non-hydrogen) atoms. The second-order valence-corrected chi connectivity index (χ2v) is 8.50. The summed E-state index contributed by atoms with van der Waals surface area (Å²) in [7, 11) is 0. The van der Waals surface area contributed by atoms with Gasteiger partial charge in [0, 0.05) is 24.1 Å². The Morgan fingerprint density at radius 3 is 2.61 bits per heavy atom. The number of rotatable bonds is 5. The van der Waals surface area contributed by atoms with E-state index in [2.05, 4.69) is 17.0 Å². The highest BCUT2D eigenvalue weighted by atomic mass is 32.1. The Hall–Kier alpha value is -2.52. The van der Waals surface area contributed by atoms with Crippen LogP contribution in [-0.4, -0.2) is 37.7 Å². The van der Waals surface area contributed by atoms with Gasteiger partial charge in [-0.05, 0) is 30.9 Å². The number of nitrogens with one attached hydrogen (secondary N) is 1. The minimum Gasteiger partial charge on any atom is -0.492 e. The fraction of sp³-hybridized carbons (Fsp3) is 0.474. The highest BCUT2D eigenvalue weighted by Crippen LogP contribution is 2.35. The van der Waals surface area contributed by atoms with Crippen LogP contribution >= 0.6 is 11.3 Å². The average molecular weight is 403 g/mol. The molecule has 9 heteroatoms. The first-order valence-corrected chi connectivity index (χ1v) is 10.5. The van der Waals surface area contributed by atoms with Crippen LogP contribution in [0.4, 0.5) is 5.69 Å². The predicted octanol–water partition coefficient (Wildman–Crippen LogP) is 2.37. The summed E-state index contributed by atoms with van der Waals surface area (Å²) in [6.45, 7) is 6.24. The number of nitro groups is 1. The average Bonchev–Trinajstić information content (AvgIpc) is 3.23. The summed E-state index contributed by atoms with van der Waals surface area (Å²) in [6.07, 6.45) is 2.96. The minimum absolute atomic E-state index is 0.0734. The van der Waals surface area contributed by atoms with Gasteiger partial charge in [0.05, 0.1) is 18.0 Å². The first-order chi connectivity index (χ1) is 13.5. The number of aromatic hydroxyl groups is 1. The van der Waals surface area contributed by atoms with E-state index in [0.717, 1.165) is 36.4 Å². The van der Waals surface area contributed by atoms with Crippen LogP contribution in [0.5, 0.6) is 5.88 Å². The number of hydrogen-bond donors (Lipinski definition) is 2. The third-order valence-corrected chi connectivity index (χ3v) is 6.67. The van der Waals surface area contributed by atoms with Gasteiger partial charge in [-0.25, -0.2) is 4.98 Å². The minimum atomic E-state index is -0.388. The molecule has 0 spiro atoms. The van der Waals surface area contributed by atoms with Crippen molar-refractivity contribution in [2.75, 3.05) is 13.1 Å². The van der Waals surface area contributed by atoms with Gasteiger partial charge in [0.2, 0.25) is 10.8 Å². The van der Waals surface area contributed by atoms with Crippen molar-refractivity contribution >= 4 is 22.0 Å². The van der Waals surface area contributed by atoms with E-state index in [0.29, 0.717) is 23.1 Å². The number of hydrogen-bond acceptors (Lipinski definition) is 6. The van der Waals surface area contributed by atoms with Crippen molar-refractivity contribution in [2.45, 2.75) is 39.2 Å². The van der Waals surface area contributed by atoms with E-state index in [-0.39, 0.29) is 22.5 Å². The molecule has 1 saturated heterocycles. The highest BCUT2D eigenvalue weighted by molar-refractivity contribution is 7.17. The first-order valence-electron chi connectivity index (χ1n) is 9.64. The van der Waals surface area contributed by atoms with Gasteiger partial charge in [0.1, 0.15) is 4.88 Å². The van der Waals surface area contributed by atoms with Gasteiger partial charge in [-0.2, -0.15) is 4.52 Å². The van der Waals surface area contributed by atoms with Crippen molar-refractivity contribution in [3.8, 4) is 5.88 Å². The molecular weight excluding hydrogens is 378 g/mol. The van der Waals surface area contributed by atoms with Crippen molar-refractivity contribution < 1.29 is 14.9 Å². The third-order valence-electron chi connectivity index (χ3n) is 5.58. The number of likely N-dealkylation sites (tertiary alicyclic amines) is 1. The van der Waals surface area contributed by atoms with Crippen molar-refractivity contribution in [1.82, 2.24) is 14.6 Å². The molecule has 1 aliphatic rings. The van der Waals surface area contributed by atoms with Gasteiger partial charge in [-0.1, -0.05) is 25.2 Å². The summed E-state index contributed by atoms with van der Waals surface area (Å²) in [4.78, 5) is 18.0. The molecule has 1 atom stereocenters. The lowest BCUT2D eigenvalue weighted by Crippen LogP contribution is -3.13. The van der Waals surface area contributed by atoms with Crippen LogP contribution in [0, 0.1) is 16.0 Å². The maximum atomic E-state index is 11.0. The number of non-ortho nitro benzene ring substituents is 1. The molecule has 0 radical (unpaired) electrons. The van der Waals surface area contributed by atoms with Crippen LogP contribution in [0.3, 0.4) is 0 Å². The third kappa shape index (κ3) is 3.35. The number of quaternary nitrogens is 1. The first kappa shape index (κ1) is 18.8. The SMILES string of the molecule is CCc1nc2sc([C@@H](c3ccc([N+](=O)[O-])cc3)[NH+]3CCC(C)CC3)c(O)n2n1. The number of aromatic nitrogens is 3. The maximum absolute atomic E-state index is 11.0. The van der Waals surface area contributed by atoms with E-state index in [4.69, 9.17) is 0 Å². The number of nitro benzene ring substituents is 1. The Labute approximate surface area is 166 Å². The van der Waals surface area contributed by atoms with Crippen molar-refractivity contribution in [3.05, 3.63) is 50.6 Å². The van der Waals surface area contributed by atoms with Gasteiger partial charge in [0.25, 0.3) is 5.69 Å². The lowest BCUT2D eigenvalue weighted by atomic mass is 9.95. The molecule has 0 bridgehead atoms. The van der Waals surface area contributed by atoms with Crippen LogP contribution in [-0.2, 0) is 6.42 Å². The fourth-order valence-electron chi connectivity index (χ4n) is 3.91. The molecule has 0 amide bonds. The van der Waals surface area contributed by atoms with E-state index >= 15 is 0 Å². The van der Waals surface area contributed by atoms with Crippen LogP contribution in [0.1, 0.15) is 49.0 Å². The van der Waals surface area contributed by atoms with Gasteiger partial charge >= 0.3 is 0 Å². The molecule has 3 heterocycles. The zero-order valence-corrected chi connectivity index (χ0v) is 16.8. The molecule has 2 N–H and O–H groups in total. The highest BCUT2D eigenvalue weighted by Gasteiger charge is 2.35. The zero-order chi connectivity index (χ0) is 19.8. The van der Waals surface area contributed by atoms with Crippen molar-refractivity contribution in [2.24, 2.45) is 5.92 Å². The molecule has 0 aliphatic carbocycles. The van der Waals surface area contributed by atoms with Crippen LogP contribution < -0.4 is 4.90 Å². The Kier molecular flexibility index (Phi) is 5.03. The fourth-order valence-corrected chi connectivity index (χ4v) is 5.07. The summed E-state index contributed by atoms with van der Waals surface area (Å²) in [6, 6.07) is 6.60. The molecule has 148 valence electrons. The molecule has 3 aromatic rings. The van der Waals surface area contributed by atoms with E-state index < -0.39 is 0 Å². The smallest absolute Gasteiger partial charge is 0.269 e. The normalized spacial score (nSPS) is 21.1. The van der Waals surface area contributed by atoms with Crippen LogP contribution in [0.25, 0.3) is 4.96 Å². The van der Waals surface area contributed by atoms with Gasteiger partial charge in [0.15, 0.2) is 11.9 Å². The van der Waals surface area contributed by atoms with Crippen LogP contribution in [0.15, 0.2) is 24.3 Å². The molecule has 1 aromatic carbocycles. The number of nitrogens with zero attached hydrogens (tertiary/aromatic N) is 4.